The normalized spacial score (nSPS) is 10.4. The predicted molar refractivity (Wildman–Crippen MR) is 54.3 cm³/mol. The maximum atomic E-state index is 5.47. The predicted octanol–water partition coefficient (Wildman–Crippen LogP) is 2.80. The van der Waals surface area contributed by atoms with Crippen LogP contribution in [0.1, 0.15) is 0 Å². The van der Waals surface area contributed by atoms with E-state index in [0.29, 0.717) is 5.88 Å². The lowest BCUT2D eigenvalue weighted by Gasteiger charge is -2.02. The Morgan fingerprint density at radius 3 is 2.40 bits per heavy atom. The minimum absolute atomic E-state index is 0.699. The molecule has 0 aromatic carbocycles. The summed E-state index contributed by atoms with van der Waals surface area (Å²) in [5.74, 6) is 1.64. The second-order valence-electron chi connectivity index (χ2n) is 3.01. The summed E-state index contributed by atoms with van der Waals surface area (Å²) in [4.78, 5) is 0. The Bertz CT molecular complexity index is 140. The van der Waals surface area contributed by atoms with Gasteiger partial charge in [-0.05, 0) is 5.25 Å². The van der Waals surface area contributed by atoms with Crippen LogP contribution in [0.5, 0.6) is 0 Å². The lowest BCUT2D eigenvalue weighted by molar-refractivity contribution is 1.55. The first-order chi connectivity index (χ1) is 4.56. The highest BCUT2D eigenvalue weighted by Gasteiger charge is 2.06. The van der Waals surface area contributed by atoms with E-state index in [9.17, 15) is 0 Å². The first-order valence-corrected chi connectivity index (χ1v) is 8.28. The van der Waals surface area contributed by atoms with Gasteiger partial charge < -0.3 is 0 Å². The lowest BCUT2D eigenvalue weighted by Crippen LogP contribution is -2.16. The second-order valence-corrected chi connectivity index (χ2v) is 9.04. The third kappa shape index (κ3) is 8.42. The van der Waals surface area contributed by atoms with E-state index in [1.165, 1.54) is 0 Å². The fourth-order valence-corrected chi connectivity index (χ4v) is 2.20. The number of hydrogen-bond donors (Lipinski definition) is 0. The van der Waals surface area contributed by atoms with Gasteiger partial charge in [-0.1, -0.05) is 31.4 Å². The third-order valence-electron chi connectivity index (χ3n) is 0.677. The van der Waals surface area contributed by atoms with Crippen molar-refractivity contribution in [3.8, 4) is 10.8 Å². The number of rotatable bonds is 2. The molecule has 0 spiro atoms. The molecule has 0 aliphatic rings. The van der Waals surface area contributed by atoms with Gasteiger partial charge in [-0.2, -0.15) is 0 Å². The molecule has 0 N–H and O–H groups in total. The van der Waals surface area contributed by atoms with Gasteiger partial charge in [0.15, 0.2) is 0 Å². The molecular weight excluding hydrogens is 180 g/mol. The monoisotopic (exact) mass is 192 g/mol. The minimum atomic E-state index is -1.13. The van der Waals surface area contributed by atoms with Crippen LogP contribution in [0.3, 0.4) is 0 Å². The molecule has 0 amide bonds. The van der Waals surface area contributed by atoms with E-state index in [0.717, 1.165) is 5.75 Å². The van der Waals surface area contributed by atoms with Gasteiger partial charge in [-0.15, -0.1) is 17.1 Å². The van der Waals surface area contributed by atoms with Crippen molar-refractivity contribution in [3.05, 3.63) is 0 Å². The summed E-state index contributed by atoms with van der Waals surface area (Å²) >= 11 is 7.10. The molecule has 0 radical (unpaired) electrons. The average Bonchev–Trinajstić information content (AvgIpc) is 1.78. The van der Waals surface area contributed by atoms with Crippen LogP contribution in [0.15, 0.2) is 0 Å². The van der Waals surface area contributed by atoms with Gasteiger partial charge >= 0.3 is 0 Å². The maximum Gasteiger partial charge on any atom is 0.130 e. The van der Waals surface area contributed by atoms with Crippen molar-refractivity contribution in [1.82, 2.24) is 0 Å². The van der Waals surface area contributed by atoms with Crippen LogP contribution in [0, 0.1) is 10.8 Å². The molecule has 3 heteroatoms. The maximum absolute atomic E-state index is 5.47. The molecule has 0 atom stereocenters. The Morgan fingerprint density at radius 1 is 1.40 bits per heavy atom. The third-order valence-corrected chi connectivity index (χ3v) is 2.80. The van der Waals surface area contributed by atoms with Gasteiger partial charge in [-0.25, -0.2) is 0 Å². The zero-order valence-electron chi connectivity index (χ0n) is 6.70. The van der Waals surface area contributed by atoms with Gasteiger partial charge in [0, 0.05) is 11.6 Å². The number of halogens is 1. The van der Waals surface area contributed by atoms with Gasteiger partial charge in [0.1, 0.15) is 8.07 Å². The second kappa shape index (κ2) is 5.12. The Kier molecular flexibility index (Phi) is 5.33. The standard InChI is InChI=1S/C7H13ClSSi/c1-10(2,3)7-6-9-5-4-8/h4-5H2,1-3H3. The molecule has 0 aromatic heterocycles. The zero-order chi connectivity index (χ0) is 8.04. The molecule has 0 aliphatic carbocycles. The summed E-state index contributed by atoms with van der Waals surface area (Å²) in [5.41, 5.74) is 3.25. The molecule has 0 saturated heterocycles. The summed E-state index contributed by atoms with van der Waals surface area (Å²) in [6, 6.07) is 0. The molecule has 10 heavy (non-hydrogen) atoms. The topological polar surface area (TPSA) is 0 Å². The van der Waals surface area contributed by atoms with E-state index in [1.807, 2.05) is 0 Å². The van der Waals surface area contributed by atoms with E-state index in [1.54, 1.807) is 11.8 Å². The van der Waals surface area contributed by atoms with Crippen LogP contribution >= 0.6 is 23.4 Å². The highest BCUT2D eigenvalue weighted by Crippen LogP contribution is 2.01. The molecule has 0 nitrogen and oxygen atoms in total. The summed E-state index contributed by atoms with van der Waals surface area (Å²) in [7, 11) is -1.13. The summed E-state index contributed by atoms with van der Waals surface area (Å²) in [6.07, 6.45) is 0. The fraction of sp³-hybridized carbons (Fsp3) is 0.714. The number of thioether (sulfide) groups is 1. The smallest absolute Gasteiger partial charge is 0.126 e. The van der Waals surface area contributed by atoms with Gasteiger partial charge in [0.2, 0.25) is 0 Å². The Labute approximate surface area is 73.7 Å². The lowest BCUT2D eigenvalue weighted by atomic mass is 11.0. The van der Waals surface area contributed by atoms with Crippen LogP contribution in [-0.2, 0) is 0 Å². The first-order valence-electron chi connectivity index (χ1n) is 3.26. The minimum Gasteiger partial charge on any atom is -0.126 e. The van der Waals surface area contributed by atoms with E-state index < -0.39 is 8.07 Å². The molecule has 58 valence electrons. The molecule has 0 heterocycles. The molecule has 0 bridgehead atoms. The highest BCUT2D eigenvalue weighted by molar-refractivity contribution is 8.04. The van der Waals surface area contributed by atoms with E-state index in [4.69, 9.17) is 11.6 Å². The molecular formula is C7H13ClSSi. The van der Waals surface area contributed by atoms with Crippen LogP contribution in [-0.4, -0.2) is 19.7 Å². The van der Waals surface area contributed by atoms with E-state index in [-0.39, 0.29) is 0 Å². The molecule has 0 unspecified atom stereocenters. The van der Waals surface area contributed by atoms with Crippen molar-refractivity contribution in [2.45, 2.75) is 19.6 Å². The van der Waals surface area contributed by atoms with Crippen molar-refractivity contribution >= 4 is 31.4 Å². The van der Waals surface area contributed by atoms with Crippen molar-refractivity contribution < 1.29 is 0 Å². The summed E-state index contributed by atoms with van der Waals surface area (Å²) < 4.78 is 0. The van der Waals surface area contributed by atoms with Crippen molar-refractivity contribution in [2.75, 3.05) is 11.6 Å². The summed E-state index contributed by atoms with van der Waals surface area (Å²) in [6.45, 7) is 6.71. The van der Waals surface area contributed by atoms with Crippen molar-refractivity contribution in [1.29, 1.82) is 0 Å². The Hall–Kier alpha value is 0.417. The van der Waals surface area contributed by atoms with Gasteiger partial charge in [-0.3, -0.25) is 0 Å². The molecule has 0 rings (SSSR count). The van der Waals surface area contributed by atoms with Crippen LogP contribution in [0.25, 0.3) is 0 Å². The Balaban J connectivity index is 3.50. The van der Waals surface area contributed by atoms with E-state index >= 15 is 0 Å². The largest absolute Gasteiger partial charge is 0.130 e. The molecule has 0 saturated carbocycles. The molecule has 0 aliphatic heterocycles. The Morgan fingerprint density at radius 2 is 2.00 bits per heavy atom. The van der Waals surface area contributed by atoms with Crippen LogP contribution in [0.4, 0.5) is 0 Å². The number of hydrogen-bond acceptors (Lipinski definition) is 1. The highest BCUT2D eigenvalue weighted by atomic mass is 35.5. The van der Waals surface area contributed by atoms with E-state index in [2.05, 4.69) is 30.4 Å². The average molecular weight is 193 g/mol. The summed E-state index contributed by atoms with van der Waals surface area (Å²) in [5, 5.41) is 3.07. The van der Waals surface area contributed by atoms with Crippen LogP contribution < -0.4 is 0 Å². The molecule has 0 fully saturated rings. The SMILES string of the molecule is C[Si](C)(C)C#CSCCCl. The van der Waals surface area contributed by atoms with Crippen molar-refractivity contribution in [2.24, 2.45) is 0 Å². The quantitative estimate of drug-likeness (QED) is 0.281. The fourth-order valence-electron chi connectivity index (χ4n) is 0.279. The first kappa shape index (κ1) is 10.4. The number of alkyl halides is 1. The van der Waals surface area contributed by atoms with Crippen LogP contribution in [0.2, 0.25) is 19.6 Å². The molecule has 0 aromatic rings. The van der Waals surface area contributed by atoms with Gasteiger partial charge in [0.25, 0.3) is 0 Å². The zero-order valence-corrected chi connectivity index (χ0v) is 9.27. The van der Waals surface area contributed by atoms with Gasteiger partial charge in [0.05, 0.1) is 0 Å². The van der Waals surface area contributed by atoms with Crippen molar-refractivity contribution in [3.63, 3.8) is 0 Å².